The Bertz CT molecular complexity index is 3420. The monoisotopic (exact) mass is 1290 g/mol. The molecule has 5 aliphatic rings. The molecule has 3 aromatic heterocycles. The van der Waals surface area contributed by atoms with Crippen LogP contribution in [0.5, 0.6) is 0 Å². The van der Waals surface area contributed by atoms with Gasteiger partial charge in [-0.15, -0.1) is 0 Å². The molecule has 15 atom stereocenters. The van der Waals surface area contributed by atoms with Crippen molar-refractivity contribution in [3.8, 4) is 11.8 Å². The van der Waals surface area contributed by atoms with E-state index < -0.39 is 48.4 Å². The number of esters is 1. The summed E-state index contributed by atoms with van der Waals surface area (Å²) in [6.07, 6.45) is 22.9. The van der Waals surface area contributed by atoms with Crippen molar-refractivity contribution in [2.45, 2.75) is 190 Å². The van der Waals surface area contributed by atoms with E-state index in [1.165, 1.54) is 6.08 Å². The Labute approximate surface area is 546 Å². The zero-order valence-electron chi connectivity index (χ0n) is 55.4. The van der Waals surface area contributed by atoms with Gasteiger partial charge in [0.2, 0.25) is 5.89 Å². The number of rotatable bonds is 22. The van der Waals surface area contributed by atoms with Crippen LogP contribution in [0, 0.1) is 23.7 Å². The fraction of sp³-hybridized carbons (Fsp3) is 0.562. The molecule has 0 amide bonds. The van der Waals surface area contributed by atoms with Crippen molar-refractivity contribution in [2.24, 2.45) is 11.8 Å². The van der Waals surface area contributed by atoms with Gasteiger partial charge in [-0.3, -0.25) is 0 Å². The first-order valence-corrected chi connectivity index (χ1v) is 32.7. The number of hydrogen-bond donors (Lipinski definition) is 2. The Morgan fingerprint density at radius 1 is 0.914 bits per heavy atom. The van der Waals surface area contributed by atoms with Crippen LogP contribution in [0.3, 0.4) is 0 Å². The Hall–Kier alpha value is -6.58. The predicted octanol–water partition coefficient (Wildman–Crippen LogP) is 10.9. The summed E-state index contributed by atoms with van der Waals surface area (Å²) in [5, 5.41) is 23.5. The standard InChI is InChI=1S/C73H95N3O17/c1-46(24-26-55(81-8)19-13-11-12-14-28-84-30-31-85-29-17-18-51-36-70(80)90-64-37-53(76(6)7)25-27-60(51)64)34-62(78)66-41-59(82-9)42-73(83-10,93-66)43-68-74-52(44-86-68)35-48(3)71-50(5)72-49(4)63(91-71)21-16-22-67-75-61(45-87-67)65-39-54(77)38-58(89-65)40-57-33-47(2)32-56(88-57)20-15-23-69(79)92-72/h12,14-16,22-27,34-37,44-45,49-50,54-59,62-63,65-66,71-72,77-78H,2,17-21,28-33,38-43H2,1,3-10H3/b14-12+,22-16+,23-15-,26-24+,46-34+,48-35+/t49-,50-,54+,55+,56-,57+,58-,59+,62+,63+,65+,66+,71-,72-,73-/m0/s1. The van der Waals surface area contributed by atoms with Gasteiger partial charge >= 0.3 is 11.6 Å². The smallest absolute Gasteiger partial charge is 0.336 e. The number of allylic oxidation sites excluding steroid dienone is 3. The second-order valence-corrected chi connectivity index (χ2v) is 25.5. The number of oxazole rings is 2. The summed E-state index contributed by atoms with van der Waals surface area (Å²) in [5.74, 6) is 4.84. The first-order chi connectivity index (χ1) is 44.9. The Morgan fingerprint density at radius 3 is 2.54 bits per heavy atom. The van der Waals surface area contributed by atoms with Crippen LogP contribution in [0.1, 0.15) is 133 Å². The largest absolute Gasteiger partial charge is 0.458 e. The number of aryl methyl sites for hydroxylation is 1. The third-order valence-corrected chi connectivity index (χ3v) is 18.0. The fourth-order valence-electron chi connectivity index (χ4n) is 13.1. The van der Waals surface area contributed by atoms with E-state index in [2.05, 4.69) is 18.4 Å². The molecule has 1 aromatic carbocycles. The molecule has 8 heterocycles. The number of methoxy groups -OCH3 is 3. The number of ether oxygens (including phenoxy) is 10. The van der Waals surface area contributed by atoms with Crippen LogP contribution in [0.2, 0.25) is 0 Å². The minimum absolute atomic E-state index is 0.131. The Kier molecular flexibility index (Phi) is 26.0. The molecule has 0 saturated carbocycles. The number of hydrogen-bond acceptors (Lipinski definition) is 20. The molecule has 0 unspecified atom stereocenters. The number of aliphatic hydroxyl groups is 2. The lowest BCUT2D eigenvalue weighted by Crippen LogP contribution is -2.52. The Morgan fingerprint density at radius 2 is 1.73 bits per heavy atom. The first kappa shape index (κ1) is 70.7. The lowest BCUT2D eigenvalue weighted by molar-refractivity contribution is -0.298. The van der Waals surface area contributed by atoms with Gasteiger partial charge in [-0.05, 0) is 100 Å². The van der Waals surface area contributed by atoms with Crippen molar-refractivity contribution in [3.05, 3.63) is 148 Å². The highest BCUT2D eigenvalue weighted by Gasteiger charge is 2.47. The van der Waals surface area contributed by atoms with Gasteiger partial charge in [0.25, 0.3) is 0 Å². The molecule has 93 heavy (non-hydrogen) atoms. The van der Waals surface area contributed by atoms with E-state index in [9.17, 15) is 19.8 Å². The second kappa shape index (κ2) is 34.2. The molecule has 8 bridgehead atoms. The molecule has 4 aromatic rings. The van der Waals surface area contributed by atoms with Crippen LogP contribution in [0.25, 0.3) is 23.1 Å². The topological polar surface area (TPSA) is 235 Å². The molecule has 2 N–H and O–H groups in total. The van der Waals surface area contributed by atoms with Crippen LogP contribution in [0.15, 0.2) is 127 Å². The normalized spacial score (nSPS) is 29.7. The summed E-state index contributed by atoms with van der Waals surface area (Å²) in [5.41, 5.74) is 6.06. The molecule has 4 fully saturated rings. The van der Waals surface area contributed by atoms with Gasteiger partial charge in [-0.1, -0.05) is 79.9 Å². The van der Waals surface area contributed by atoms with Crippen LogP contribution < -0.4 is 10.5 Å². The molecule has 0 aliphatic carbocycles. The van der Waals surface area contributed by atoms with Gasteiger partial charge in [-0.2, -0.15) is 0 Å². The summed E-state index contributed by atoms with van der Waals surface area (Å²) in [6.45, 7) is 14.1. The maximum atomic E-state index is 13.7. The number of anilines is 1. The van der Waals surface area contributed by atoms with Crippen LogP contribution in [-0.2, 0) is 65.0 Å². The SMILES string of the molecule is C=C1C[C@@H]2C[C@@H]3C[C@@H](O)C[C@@H](O3)c3coc(n3)/C=C/C[C@H]3O[C@@H](/C(C)=C/c4coc(C[C@]5(OC)C[C@H](OC)C[C@H]([C@H](O)/C=C(C)/C=C/[C@@H](CC#C/C=C/COCCOCCCc6cc(=O)oc7cc(N(C)C)ccc67)OC)O5)n4)[C@H](C)[C@@H](OC(=O)/C=C\C[C@@H](C1)O2)[C@H]3C. The zero-order chi connectivity index (χ0) is 66.0. The highest BCUT2D eigenvalue weighted by molar-refractivity contribution is 5.83. The van der Waals surface area contributed by atoms with Gasteiger partial charge in [0.15, 0.2) is 11.7 Å². The summed E-state index contributed by atoms with van der Waals surface area (Å²) < 4.78 is 79.5. The lowest BCUT2D eigenvalue weighted by Gasteiger charge is -2.44. The van der Waals surface area contributed by atoms with Crippen molar-refractivity contribution in [2.75, 3.05) is 66.8 Å². The van der Waals surface area contributed by atoms with Crippen LogP contribution in [-0.4, -0.2) is 161 Å². The van der Waals surface area contributed by atoms with Crippen LogP contribution in [0.4, 0.5) is 5.69 Å². The molecule has 0 radical (unpaired) electrons. The van der Waals surface area contributed by atoms with Gasteiger partial charge in [0.1, 0.15) is 41.7 Å². The third-order valence-electron chi connectivity index (χ3n) is 18.0. The maximum absolute atomic E-state index is 13.7. The number of nitrogens with zero attached hydrogens (tertiary/aromatic N) is 3. The van der Waals surface area contributed by atoms with Gasteiger partial charge in [0, 0.05) is 115 Å². The molecule has 9 rings (SSSR count). The molecule has 5 aliphatic heterocycles. The minimum atomic E-state index is -1.24. The number of carbonyl (C=O) groups excluding carboxylic acids is 1. The minimum Gasteiger partial charge on any atom is -0.458 e. The van der Waals surface area contributed by atoms with E-state index in [0.717, 1.165) is 39.8 Å². The van der Waals surface area contributed by atoms with Gasteiger partial charge in [0.05, 0.1) is 87.3 Å². The zero-order valence-corrected chi connectivity index (χ0v) is 55.4. The predicted molar refractivity (Wildman–Crippen MR) is 352 cm³/mol. The lowest BCUT2D eigenvalue weighted by atomic mass is 9.79. The van der Waals surface area contributed by atoms with E-state index in [-0.39, 0.29) is 60.5 Å². The van der Waals surface area contributed by atoms with Crippen LogP contribution >= 0.6 is 0 Å². The van der Waals surface area contributed by atoms with E-state index in [1.54, 1.807) is 52.1 Å². The summed E-state index contributed by atoms with van der Waals surface area (Å²) in [4.78, 5) is 37.5. The van der Waals surface area contributed by atoms with E-state index >= 15 is 0 Å². The fourth-order valence-corrected chi connectivity index (χ4v) is 13.1. The van der Waals surface area contributed by atoms with Crippen molar-refractivity contribution in [3.63, 3.8) is 0 Å². The van der Waals surface area contributed by atoms with E-state index in [0.29, 0.717) is 126 Å². The molecule has 20 nitrogen and oxygen atoms in total. The molecule has 20 heteroatoms. The number of carbonyl (C=O) groups is 1. The average Bonchev–Trinajstić information content (AvgIpc) is 1.81. The average molecular weight is 1290 g/mol. The highest BCUT2D eigenvalue weighted by atomic mass is 16.7. The number of fused-ring (bicyclic) bond motifs is 10. The molecular formula is C73H95N3O17. The number of aliphatic hydroxyl groups excluding tert-OH is 2. The number of benzene rings is 1. The highest BCUT2D eigenvalue weighted by Crippen LogP contribution is 2.41. The summed E-state index contributed by atoms with van der Waals surface area (Å²) in [6, 6.07) is 7.46. The van der Waals surface area contributed by atoms with Gasteiger partial charge < -0.3 is 75.7 Å². The summed E-state index contributed by atoms with van der Waals surface area (Å²) in [7, 11) is 8.72. The van der Waals surface area contributed by atoms with E-state index in [4.69, 9.17) is 70.6 Å². The van der Waals surface area contributed by atoms with E-state index in [1.807, 2.05) is 107 Å². The van der Waals surface area contributed by atoms with Crippen molar-refractivity contribution in [1.29, 1.82) is 0 Å². The molecular weight excluding hydrogens is 1190 g/mol. The van der Waals surface area contributed by atoms with Gasteiger partial charge in [-0.25, -0.2) is 19.6 Å². The third kappa shape index (κ3) is 20.2. The quantitative estimate of drug-likeness (QED) is 0.0186. The first-order valence-electron chi connectivity index (χ1n) is 32.7. The van der Waals surface area contributed by atoms with Crippen molar-refractivity contribution in [1.82, 2.24) is 9.97 Å². The molecule has 504 valence electrons. The van der Waals surface area contributed by atoms with Crippen molar-refractivity contribution < 1.29 is 75.6 Å². The molecule has 0 spiro atoms. The Balaban J connectivity index is 0.759. The second-order valence-electron chi connectivity index (χ2n) is 25.5. The van der Waals surface area contributed by atoms with Crippen molar-refractivity contribution >= 4 is 34.8 Å². The maximum Gasteiger partial charge on any atom is 0.336 e. The molecule has 4 saturated heterocycles. The summed E-state index contributed by atoms with van der Waals surface area (Å²) >= 11 is 0. The number of aromatic nitrogens is 2.